The number of rotatable bonds is 0. The summed E-state index contributed by atoms with van der Waals surface area (Å²) in [5.74, 6) is 0.390. The number of fused-ring (bicyclic) bond motifs is 2. The van der Waals surface area contributed by atoms with Gasteiger partial charge in [-0.1, -0.05) is 15.9 Å². The van der Waals surface area contributed by atoms with Crippen LogP contribution in [0.25, 0.3) is 0 Å². The van der Waals surface area contributed by atoms with Crippen LogP contribution < -0.4 is 10.1 Å². The van der Waals surface area contributed by atoms with E-state index in [9.17, 15) is 4.79 Å². The van der Waals surface area contributed by atoms with E-state index in [0.717, 1.165) is 4.47 Å². The number of carbonyl (C=O) groups excluding carboxylic acids is 1. The zero-order valence-electron chi connectivity index (χ0n) is 10.5. The first-order chi connectivity index (χ1) is 10.1. The fourth-order valence-corrected chi connectivity index (χ4v) is 2.38. The number of nitriles is 2. The average Bonchev–Trinajstić information content (AvgIpc) is 2.62. The van der Waals surface area contributed by atoms with Gasteiger partial charge in [0.15, 0.2) is 5.75 Å². The van der Waals surface area contributed by atoms with E-state index in [4.69, 9.17) is 15.3 Å². The van der Waals surface area contributed by atoms with Gasteiger partial charge in [-0.25, -0.2) is 0 Å². The van der Waals surface area contributed by atoms with Crippen molar-refractivity contribution >= 4 is 27.5 Å². The number of amides is 1. The van der Waals surface area contributed by atoms with Gasteiger partial charge in [0.1, 0.15) is 17.9 Å². The third-order valence-corrected chi connectivity index (χ3v) is 3.51. The first kappa shape index (κ1) is 13.2. The van der Waals surface area contributed by atoms with Crippen molar-refractivity contribution in [2.75, 3.05) is 5.32 Å². The third kappa shape index (κ3) is 2.22. The van der Waals surface area contributed by atoms with Crippen LogP contribution in [0.3, 0.4) is 0 Å². The largest absolute Gasteiger partial charge is 0.454 e. The molecule has 6 heteroatoms. The highest BCUT2D eigenvalue weighted by Gasteiger charge is 2.22. The maximum Gasteiger partial charge on any atom is 0.259 e. The average molecular weight is 340 g/mol. The summed E-state index contributed by atoms with van der Waals surface area (Å²) in [6, 6.07) is 11.8. The molecule has 0 saturated heterocycles. The van der Waals surface area contributed by atoms with Gasteiger partial charge in [-0.2, -0.15) is 10.5 Å². The summed E-state index contributed by atoms with van der Waals surface area (Å²) in [5, 5.41) is 20.8. The lowest BCUT2D eigenvalue weighted by Gasteiger charge is -2.08. The minimum atomic E-state index is -0.335. The Morgan fingerprint density at radius 1 is 1.05 bits per heavy atom. The second kappa shape index (κ2) is 4.93. The minimum absolute atomic E-state index is 0.187. The van der Waals surface area contributed by atoms with Crippen LogP contribution >= 0.6 is 15.9 Å². The normalized spacial score (nSPS) is 11.9. The van der Waals surface area contributed by atoms with Crippen LogP contribution in [0.15, 0.2) is 34.8 Å². The van der Waals surface area contributed by atoms with Crippen molar-refractivity contribution in [2.45, 2.75) is 0 Å². The summed E-state index contributed by atoms with van der Waals surface area (Å²) in [6.45, 7) is 0. The van der Waals surface area contributed by atoms with Gasteiger partial charge in [-0.05, 0) is 24.3 Å². The van der Waals surface area contributed by atoms with Crippen LogP contribution in [0.2, 0.25) is 0 Å². The van der Waals surface area contributed by atoms with Crippen LogP contribution in [0.1, 0.15) is 21.5 Å². The van der Waals surface area contributed by atoms with E-state index >= 15 is 0 Å². The fourth-order valence-electron chi connectivity index (χ4n) is 2.02. The Labute approximate surface area is 128 Å². The molecule has 5 nitrogen and oxygen atoms in total. The molecule has 0 saturated carbocycles. The van der Waals surface area contributed by atoms with Gasteiger partial charge < -0.3 is 10.1 Å². The summed E-state index contributed by atoms with van der Waals surface area (Å²) in [6.07, 6.45) is 0. The van der Waals surface area contributed by atoms with Crippen molar-refractivity contribution in [3.8, 4) is 23.6 Å². The van der Waals surface area contributed by atoms with Gasteiger partial charge >= 0.3 is 0 Å². The van der Waals surface area contributed by atoms with E-state index in [1.807, 2.05) is 12.1 Å². The Morgan fingerprint density at radius 2 is 1.76 bits per heavy atom. The molecule has 0 radical (unpaired) electrons. The van der Waals surface area contributed by atoms with E-state index in [1.54, 1.807) is 18.2 Å². The molecule has 2 aromatic carbocycles. The minimum Gasteiger partial charge on any atom is -0.454 e. The van der Waals surface area contributed by atoms with Crippen LogP contribution in [-0.2, 0) is 0 Å². The fraction of sp³-hybridized carbons (Fsp3) is 0. The van der Waals surface area contributed by atoms with E-state index in [1.165, 1.54) is 12.1 Å². The van der Waals surface area contributed by atoms with Crippen molar-refractivity contribution in [3.63, 3.8) is 0 Å². The number of ether oxygens (including phenoxy) is 1. The Kier molecular flexibility index (Phi) is 3.09. The first-order valence-corrected chi connectivity index (χ1v) is 6.68. The van der Waals surface area contributed by atoms with Crippen molar-refractivity contribution < 1.29 is 9.53 Å². The predicted octanol–water partition coefficient (Wildman–Crippen LogP) is 3.55. The molecule has 1 aliphatic rings. The molecule has 0 unspecified atom stereocenters. The van der Waals surface area contributed by atoms with Gasteiger partial charge in [0.25, 0.3) is 5.91 Å². The maximum absolute atomic E-state index is 12.2. The van der Waals surface area contributed by atoms with E-state index < -0.39 is 0 Å². The number of anilines is 1. The van der Waals surface area contributed by atoms with E-state index in [0.29, 0.717) is 22.7 Å². The number of hydrogen-bond donors (Lipinski definition) is 1. The number of nitrogens with one attached hydrogen (secondary N) is 1. The monoisotopic (exact) mass is 339 g/mol. The molecule has 3 rings (SSSR count). The lowest BCUT2D eigenvalue weighted by atomic mass is 10.1. The van der Waals surface area contributed by atoms with Crippen molar-refractivity contribution in [3.05, 3.63) is 51.5 Å². The molecule has 0 bridgehead atoms. The van der Waals surface area contributed by atoms with Gasteiger partial charge in [-0.3, -0.25) is 4.79 Å². The summed E-state index contributed by atoms with van der Waals surface area (Å²) in [5.41, 5.74) is 1.12. The quantitative estimate of drug-likeness (QED) is 0.795. The smallest absolute Gasteiger partial charge is 0.259 e. The highest BCUT2D eigenvalue weighted by Crippen LogP contribution is 2.38. The second-order valence-corrected chi connectivity index (χ2v) is 5.23. The van der Waals surface area contributed by atoms with E-state index in [2.05, 4.69) is 21.2 Å². The number of hydrogen-bond acceptors (Lipinski definition) is 4. The molecule has 100 valence electrons. The third-order valence-electron chi connectivity index (χ3n) is 3.01. The highest BCUT2D eigenvalue weighted by atomic mass is 79.9. The second-order valence-electron chi connectivity index (χ2n) is 4.31. The lowest BCUT2D eigenvalue weighted by Crippen LogP contribution is -2.10. The number of benzene rings is 2. The molecule has 0 aliphatic carbocycles. The number of carbonyl (C=O) groups is 1. The van der Waals surface area contributed by atoms with Crippen LogP contribution in [-0.4, -0.2) is 5.91 Å². The molecule has 1 amide bonds. The molecule has 0 aromatic heterocycles. The molecular formula is C15H6BrN3O2. The Hall–Kier alpha value is -2.83. The molecular weight excluding hydrogens is 334 g/mol. The summed E-state index contributed by atoms with van der Waals surface area (Å²) >= 11 is 3.30. The van der Waals surface area contributed by atoms with Gasteiger partial charge in [0, 0.05) is 10.5 Å². The SMILES string of the molecule is N#Cc1cc2c(cc1C#N)Oc1ccc(Br)cc1C(=O)N2. The predicted molar refractivity (Wildman–Crippen MR) is 78.0 cm³/mol. The Bertz CT molecular complexity index is 862. The van der Waals surface area contributed by atoms with Crippen LogP contribution in [0.4, 0.5) is 5.69 Å². The zero-order valence-corrected chi connectivity index (χ0v) is 12.1. The van der Waals surface area contributed by atoms with Crippen molar-refractivity contribution in [1.29, 1.82) is 10.5 Å². The van der Waals surface area contributed by atoms with E-state index in [-0.39, 0.29) is 17.0 Å². The molecule has 21 heavy (non-hydrogen) atoms. The molecule has 1 N–H and O–H groups in total. The van der Waals surface area contributed by atoms with Gasteiger partial charge in [0.2, 0.25) is 0 Å². The molecule has 1 heterocycles. The topological polar surface area (TPSA) is 85.9 Å². The lowest BCUT2D eigenvalue weighted by molar-refractivity contribution is 0.102. The van der Waals surface area contributed by atoms with Gasteiger partial charge in [0.05, 0.1) is 22.4 Å². The maximum atomic E-state index is 12.2. The molecule has 1 aliphatic heterocycles. The molecule has 0 atom stereocenters. The molecule has 0 fully saturated rings. The van der Waals surface area contributed by atoms with Crippen molar-refractivity contribution in [1.82, 2.24) is 0 Å². The first-order valence-electron chi connectivity index (χ1n) is 5.89. The summed E-state index contributed by atoms with van der Waals surface area (Å²) in [7, 11) is 0. The Balaban J connectivity index is 2.20. The van der Waals surface area contributed by atoms with Crippen molar-refractivity contribution in [2.24, 2.45) is 0 Å². The standard InChI is InChI=1S/C15H6BrN3O2/c16-10-1-2-13-11(5-10)15(20)19-12-3-8(6-17)9(7-18)4-14(12)21-13/h1-5H,(H,19,20). The zero-order chi connectivity index (χ0) is 15.0. The molecule has 0 spiro atoms. The summed E-state index contributed by atoms with van der Waals surface area (Å²) < 4.78 is 6.46. The van der Waals surface area contributed by atoms with Crippen LogP contribution in [0.5, 0.6) is 11.5 Å². The highest BCUT2D eigenvalue weighted by molar-refractivity contribution is 9.10. The van der Waals surface area contributed by atoms with Crippen LogP contribution in [0, 0.1) is 22.7 Å². The Morgan fingerprint density at radius 3 is 2.48 bits per heavy atom. The van der Waals surface area contributed by atoms with Gasteiger partial charge in [-0.15, -0.1) is 0 Å². The number of nitrogens with zero attached hydrogens (tertiary/aromatic N) is 2. The number of halogens is 1. The summed E-state index contributed by atoms with van der Waals surface area (Å²) in [4.78, 5) is 12.2. The molecule has 2 aromatic rings.